The molecule has 0 heterocycles. The minimum Gasteiger partial charge on any atom is -0.373 e. The van der Waals surface area contributed by atoms with Crippen molar-refractivity contribution >= 4 is 17.3 Å². The van der Waals surface area contributed by atoms with Crippen LogP contribution in [0, 0.1) is 17.0 Å². The van der Waals surface area contributed by atoms with Crippen LogP contribution in [0.1, 0.15) is 26.3 Å². The van der Waals surface area contributed by atoms with Gasteiger partial charge in [-0.05, 0) is 33.3 Å². The van der Waals surface area contributed by atoms with E-state index in [1.165, 1.54) is 12.1 Å². The lowest BCUT2D eigenvalue weighted by molar-refractivity contribution is -0.384. The molecule has 6 heteroatoms. The van der Waals surface area contributed by atoms with E-state index < -0.39 is 11.0 Å². The third-order valence-electron chi connectivity index (χ3n) is 2.63. The number of carbonyl (C=O) groups is 1. The van der Waals surface area contributed by atoms with Gasteiger partial charge in [-0.2, -0.15) is 0 Å². The highest BCUT2D eigenvalue weighted by molar-refractivity contribution is 5.84. The molecule has 2 N–H and O–H groups in total. The van der Waals surface area contributed by atoms with E-state index in [-0.39, 0.29) is 17.6 Å². The second kappa shape index (κ2) is 6.17. The van der Waals surface area contributed by atoms with Gasteiger partial charge in [0.2, 0.25) is 5.91 Å². The molecular formula is C13H19N3O3. The molecule has 0 saturated heterocycles. The van der Waals surface area contributed by atoms with Gasteiger partial charge in [0.25, 0.3) is 5.69 Å². The van der Waals surface area contributed by atoms with Crippen LogP contribution in [0.15, 0.2) is 18.2 Å². The Bertz CT molecular complexity index is 486. The van der Waals surface area contributed by atoms with Crippen LogP contribution in [-0.2, 0) is 4.79 Å². The number of nitro groups is 1. The van der Waals surface area contributed by atoms with Gasteiger partial charge in [0.15, 0.2) is 0 Å². The molecule has 104 valence electrons. The van der Waals surface area contributed by atoms with Crippen molar-refractivity contribution < 1.29 is 9.72 Å². The van der Waals surface area contributed by atoms with Gasteiger partial charge in [-0.3, -0.25) is 14.9 Å². The Morgan fingerprint density at radius 1 is 1.32 bits per heavy atom. The van der Waals surface area contributed by atoms with E-state index in [1.54, 1.807) is 13.0 Å². The fourth-order valence-corrected chi connectivity index (χ4v) is 1.59. The van der Waals surface area contributed by atoms with E-state index >= 15 is 0 Å². The van der Waals surface area contributed by atoms with Crippen LogP contribution >= 0.6 is 0 Å². The summed E-state index contributed by atoms with van der Waals surface area (Å²) in [5.41, 5.74) is 1.46. The smallest absolute Gasteiger partial charge is 0.271 e. The number of nitrogens with one attached hydrogen (secondary N) is 2. The molecule has 1 unspecified atom stereocenters. The number of nitrogens with zero attached hydrogens (tertiary/aromatic N) is 1. The molecule has 6 nitrogen and oxygen atoms in total. The van der Waals surface area contributed by atoms with Crippen LogP contribution < -0.4 is 10.6 Å². The summed E-state index contributed by atoms with van der Waals surface area (Å²) in [4.78, 5) is 22.1. The number of rotatable bonds is 5. The van der Waals surface area contributed by atoms with Crippen molar-refractivity contribution in [1.29, 1.82) is 0 Å². The van der Waals surface area contributed by atoms with Gasteiger partial charge < -0.3 is 10.6 Å². The van der Waals surface area contributed by atoms with Crippen molar-refractivity contribution in [3.05, 3.63) is 33.9 Å². The first-order chi connectivity index (χ1) is 8.81. The van der Waals surface area contributed by atoms with Crippen LogP contribution in [0.4, 0.5) is 11.4 Å². The van der Waals surface area contributed by atoms with E-state index in [0.717, 1.165) is 5.56 Å². The Balaban J connectivity index is 2.84. The first-order valence-corrected chi connectivity index (χ1v) is 6.13. The first-order valence-electron chi connectivity index (χ1n) is 6.13. The number of aryl methyl sites for hydroxylation is 1. The number of nitro benzene ring substituents is 1. The molecule has 0 spiro atoms. The zero-order valence-electron chi connectivity index (χ0n) is 11.6. The fraction of sp³-hybridized carbons (Fsp3) is 0.462. The molecule has 1 aromatic carbocycles. The summed E-state index contributed by atoms with van der Waals surface area (Å²) in [6.45, 7) is 7.31. The lowest BCUT2D eigenvalue weighted by atomic mass is 10.1. The number of hydrogen-bond donors (Lipinski definition) is 2. The normalized spacial score (nSPS) is 12.1. The molecule has 1 atom stereocenters. The molecule has 0 fully saturated rings. The van der Waals surface area contributed by atoms with Gasteiger partial charge in [0.05, 0.1) is 4.92 Å². The first kappa shape index (κ1) is 14.9. The predicted molar refractivity (Wildman–Crippen MR) is 74.2 cm³/mol. The summed E-state index contributed by atoms with van der Waals surface area (Å²) in [7, 11) is 0. The SMILES string of the molecule is Cc1ccc([N+](=O)[O-])cc1NC(C)C(=O)NC(C)C. The Hall–Kier alpha value is -2.11. The predicted octanol–water partition coefficient (Wildman–Crippen LogP) is 2.23. The lowest BCUT2D eigenvalue weighted by Gasteiger charge is -2.18. The standard InChI is InChI=1S/C13H19N3O3/c1-8(2)14-13(17)10(4)15-12-7-11(16(18)19)6-5-9(12)3/h5-8,10,15H,1-4H3,(H,14,17). The summed E-state index contributed by atoms with van der Waals surface area (Å²) in [5, 5.41) is 16.5. The van der Waals surface area contributed by atoms with Gasteiger partial charge in [-0.15, -0.1) is 0 Å². The van der Waals surface area contributed by atoms with Crippen molar-refractivity contribution in [1.82, 2.24) is 5.32 Å². The fourth-order valence-electron chi connectivity index (χ4n) is 1.59. The monoisotopic (exact) mass is 265 g/mol. The Kier molecular flexibility index (Phi) is 4.86. The van der Waals surface area contributed by atoms with Crippen molar-refractivity contribution in [2.75, 3.05) is 5.32 Å². The summed E-state index contributed by atoms with van der Waals surface area (Å²) >= 11 is 0. The largest absolute Gasteiger partial charge is 0.373 e. The zero-order valence-corrected chi connectivity index (χ0v) is 11.6. The minimum absolute atomic E-state index is 0.00423. The molecule has 0 saturated carbocycles. The summed E-state index contributed by atoms with van der Waals surface area (Å²) in [6, 6.07) is 4.15. The number of non-ortho nitro benzene ring substituents is 1. The average Bonchev–Trinajstić information content (AvgIpc) is 2.30. The van der Waals surface area contributed by atoms with Crippen LogP contribution in [-0.4, -0.2) is 22.9 Å². The van der Waals surface area contributed by atoms with Crippen molar-refractivity contribution in [3.8, 4) is 0 Å². The Morgan fingerprint density at radius 2 is 1.95 bits per heavy atom. The van der Waals surface area contributed by atoms with Crippen LogP contribution in [0.2, 0.25) is 0 Å². The van der Waals surface area contributed by atoms with Crippen molar-refractivity contribution in [2.24, 2.45) is 0 Å². The maximum absolute atomic E-state index is 11.8. The third-order valence-corrected chi connectivity index (χ3v) is 2.63. The topological polar surface area (TPSA) is 84.3 Å². The molecule has 1 aromatic rings. The number of carbonyl (C=O) groups excluding carboxylic acids is 1. The van der Waals surface area contributed by atoms with Gasteiger partial charge >= 0.3 is 0 Å². The molecule has 0 aliphatic heterocycles. The van der Waals surface area contributed by atoms with Gasteiger partial charge in [-0.1, -0.05) is 6.07 Å². The molecule has 1 rings (SSSR count). The average molecular weight is 265 g/mol. The molecule has 0 aromatic heterocycles. The van der Waals surface area contributed by atoms with E-state index in [4.69, 9.17) is 0 Å². The van der Waals surface area contributed by atoms with Gasteiger partial charge in [0.1, 0.15) is 6.04 Å². The number of benzene rings is 1. The second-order valence-corrected chi connectivity index (χ2v) is 4.79. The van der Waals surface area contributed by atoms with Crippen LogP contribution in [0.5, 0.6) is 0 Å². The van der Waals surface area contributed by atoms with E-state index in [9.17, 15) is 14.9 Å². The maximum atomic E-state index is 11.8. The highest BCUT2D eigenvalue weighted by Gasteiger charge is 2.16. The highest BCUT2D eigenvalue weighted by atomic mass is 16.6. The second-order valence-electron chi connectivity index (χ2n) is 4.79. The number of hydrogen-bond acceptors (Lipinski definition) is 4. The molecule has 0 aliphatic carbocycles. The molecule has 0 radical (unpaired) electrons. The molecule has 19 heavy (non-hydrogen) atoms. The lowest BCUT2D eigenvalue weighted by Crippen LogP contribution is -2.41. The van der Waals surface area contributed by atoms with Gasteiger partial charge in [-0.25, -0.2) is 0 Å². The number of anilines is 1. The minimum atomic E-state index is -0.455. The summed E-state index contributed by atoms with van der Waals surface area (Å²) in [6.07, 6.45) is 0. The van der Waals surface area contributed by atoms with E-state index in [2.05, 4.69) is 10.6 Å². The number of amides is 1. The summed E-state index contributed by atoms with van der Waals surface area (Å²) < 4.78 is 0. The van der Waals surface area contributed by atoms with Crippen LogP contribution in [0.25, 0.3) is 0 Å². The Labute approximate surface area is 112 Å². The molecule has 1 amide bonds. The van der Waals surface area contributed by atoms with Gasteiger partial charge in [0, 0.05) is 23.9 Å². The van der Waals surface area contributed by atoms with E-state index in [0.29, 0.717) is 5.69 Å². The summed E-state index contributed by atoms with van der Waals surface area (Å²) in [5.74, 6) is -0.138. The van der Waals surface area contributed by atoms with Crippen molar-refractivity contribution in [3.63, 3.8) is 0 Å². The highest BCUT2D eigenvalue weighted by Crippen LogP contribution is 2.22. The van der Waals surface area contributed by atoms with E-state index in [1.807, 2.05) is 20.8 Å². The Morgan fingerprint density at radius 3 is 2.47 bits per heavy atom. The van der Waals surface area contributed by atoms with Crippen LogP contribution in [0.3, 0.4) is 0 Å². The third kappa shape index (κ3) is 4.24. The maximum Gasteiger partial charge on any atom is 0.271 e. The molecule has 0 bridgehead atoms. The molecular weight excluding hydrogens is 246 g/mol. The van der Waals surface area contributed by atoms with Crippen molar-refractivity contribution in [2.45, 2.75) is 39.8 Å². The zero-order chi connectivity index (χ0) is 14.6. The quantitative estimate of drug-likeness (QED) is 0.631. The molecule has 0 aliphatic rings.